The number of phenols is 1. The van der Waals surface area contributed by atoms with Gasteiger partial charge in [-0.15, -0.1) is 0 Å². The number of nitrogens with zero attached hydrogens (tertiary/aromatic N) is 3. The first kappa shape index (κ1) is 16.7. The van der Waals surface area contributed by atoms with Crippen molar-refractivity contribution in [3.8, 4) is 17.1 Å². The predicted octanol–water partition coefficient (Wildman–Crippen LogP) is 5.11. The van der Waals surface area contributed by atoms with Crippen molar-refractivity contribution < 1.29 is 5.11 Å². The van der Waals surface area contributed by atoms with E-state index in [-0.39, 0.29) is 5.75 Å². The highest BCUT2D eigenvalue weighted by Crippen LogP contribution is 2.28. The van der Waals surface area contributed by atoms with Gasteiger partial charge in [-0.05, 0) is 41.2 Å². The van der Waals surface area contributed by atoms with Crippen LogP contribution in [0.2, 0.25) is 0 Å². The molecule has 4 aromatic rings. The summed E-state index contributed by atoms with van der Waals surface area (Å²) in [6, 6.07) is 19.0. The van der Waals surface area contributed by atoms with Crippen LogP contribution in [-0.4, -0.2) is 26.2 Å². The average Bonchev–Trinajstić information content (AvgIpc) is 3.02. The SMILES string of the molecule is Oc1ccc2ccccc2c1/C=N\n1c(-c2ccccc2Br)n[nH]c1=S. The zero-order chi connectivity index (χ0) is 18.1. The Morgan fingerprint density at radius 2 is 1.85 bits per heavy atom. The van der Waals surface area contributed by atoms with E-state index in [9.17, 15) is 5.11 Å². The molecular formula is C19H13BrN4OS. The number of aromatic hydroxyl groups is 1. The van der Waals surface area contributed by atoms with Gasteiger partial charge in [-0.2, -0.15) is 14.9 Å². The lowest BCUT2D eigenvalue weighted by atomic mass is 10.0. The van der Waals surface area contributed by atoms with Crippen molar-refractivity contribution in [3.63, 3.8) is 0 Å². The smallest absolute Gasteiger partial charge is 0.216 e. The van der Waals surface area contributed by atoms with E-state index in [0.29, 0.717) is 16.2 Å². The maximum atomic E-state index is 10.3. The van der Waals surface area contributed by atoms with Crippen molar-refractivity contribution in [2.75, 3.05) is 0 Å². The second-order valence-electron chi connectivity index (χ2n) is 5.61. The standard InChI is InChI=1S/C19H13BrN4OS/c20-16-8-4-3-7-14(16)18-22-23-19(26)24(18)21-11-15-13-6-2-1-5-12(13)9-10-17(15)25/h1-11,25H,(H,23,26)/b21-11-. The fourth-order valence-corrected chi connectivity index (χ4v) is 3.39. The molecule has 1 aromatic heterocycles. The summed E-state index contributed by atoms with van der Waals surface area (Å²) in [6.07, 6.45) is 1.60. The fraction of sp³-hybridized carbons (Fsp3) is 0. The van der Waals surface area contributed by atoms with E-state index < -0.39 is 0 Å². The summed E-state index contributed by atoms with van der Waals surface area (Å²) in [5, 5.41) is 23.7. The van der Waals surface area contributed by atoms with Gasteiger partial charge in [0.05, 0.1) is 6.21 Å². The minimum atomic E-state index is 0.157. The van der Waals surface area contributed by atoms with Crippen LogP contribution in [0.5, 0.6) is 5.75 Å². The molecule has 0 aliphatic carbocycles. The lowest BCUT2D eigenvalue weighted by molar-refractivity contribution is 0.475. The number of rotatable bonds is 3. The van der Waals surface area contributed by atoms with E-state index in [0.717, 1.165) is 20.8 Å². The maximum absolute atomic E-state index is 10.3. The number of phenolic OH excluding ortho intramolecular Hbond substituents is 1. The summed E-state index contributed by atoms with van der Waals surface area (Å²) >= 11 is 8.84. The van der Waals surface area contributed by atoms with Crippen molar-refractivity contribution in [3.05, 3.63) is 75.5 Å². The normalized spacial score (nSPS) is 11.4. The summed E-state index contributed by atoms with van der Waals surface area (Å²) < 4.78 is 2.79. The first-order chi connectivity index (χ1) is 12.6. The predicted molar refractivity (Wildman–Crippen MR) is 109 cm³/mol. The monoisotopic (exact) mass is 424 g/mol. The summed E-state index contributed by atoms with van der Waals surface area (Å²) in [4.78, 5) is 0. The first-order valence-corrected chi connectivity index (χ1v) is 9.02. The molecule has 0 fully saturated rings. The Labute approximate surface area is 162 Å². The molecule has 4 rings (SSSR count). The molecule has 2 N–H and O–H groups in total. The quantitative estimate of drug-likeness (QED) is 0.354. The van der Waals surface area contributed by atoms with Gasteiger partial charge in [0.2, 0.25) is 4.77 Å². The Kier molecular flexibility index (Phi) is 4.40. The summed E-state index contributed by atoms with van der Waals surface area (Å²) in [5.41, 5.74) is 1.49. The van der Waals surface area contributed by atoms with Crippen molar-refractivity contribution >= 4 is 45.1 Å². The van der Waals surface area contributed by atoms with Gasteiger partial charge in [0.25, 0.3) is 0 Å². The second-order valence-corrected chi connectivity index (χ2v) is 6.85. The Morgan fingerprint density at radius 3 is 2.69 bits per heavy atom. The third-order valence-corrected chi connectivity index (χ3v) is 4.97. The van der Waals surface area contributed by atoms with Gasteiger partial charge in [0.1, 0.15) is 5.75 Å². The summed E-state index contributed by atoms with van der Waals surface area (Å²) in [7, 11) is 0. The lowest BCUT2D eigenvalue weighted by Crippen LogP contribution is -1.96. The van der Waals surface area contributed by atoms with Crippen LogP contribution in [0.4, 0.5) is 0 Å². The molecule has 3 aromatic carbocycles. The Hall–Kier alpha value is -2.77. The van der Waals surface area contributed by atoms with E-state index in [1.54, 1.807) is 12.3 Å². The van der Waals surface area contributed by atoms with E-state index in [1.165, 1.54) is 4.68 Å². The topological polar surface area (TPSA) is 66.2 Å². The van der Waals surface area contributed by atoms with Crippen LogP contribution in [0.1, 0.15) is 5.56 Å². The number of aromatic amines is 1. The van der Waals surface area contributed by atoms with Crippen molar-refractivity contribution in [2.45, 2.75) is 0 Å². The highest BCUT2D eigenvalue weighted by molar-refractivity contribution is 9.10. The first-order valence-electron chi connectivity index (χ1n) is 7.82. The number of aromatic nitrogens is 3. The molecular weight excluding hydrogens is 412 g/mol. The third kappa shape index (κ3) is 2.95. The van der Waals surface area contributed by atoms with Crippen molar-refractivity contribution in [2.24, 2.45) is 5.10 Å². The van der Waals surface area contributed by atoms with Crippen LogP contribution in [0.3, 0.4) is 0 Å². The number of hydrogen-bond acceptors (Lipinski definition) is 4. The van der Waals surface area contributed by atoms with E-state index in [4.69, 9.17) is 12.2 Å². The van der Waals surface area contributed by atoms with E-state index in [1.807, 2.05) is 54.6 Å². The molecule has 0 unspecified atom stereocenters. The van der Waals surface area contributed by atoms with Gasteiger partial charge in [-0.25, -0.2) is 5.10 Å². The number of nitrogens with one attached hydrogen (secondary N) is 1. The molecule has 0 bridgehead atoms. The molecule has 0 saturated carbocycles. The van der Waals surface area contributed by atoms with Crippen LogP contribution in [0, 0.1) is 4.77 Å². The van der Waals surface area contributed by atoms with Crippen molar-refractivity contribution in [1.82, 2.24) is 14.9 Å². The van der Waals surface area contributed by atoms with Gasteiger partial charge in [0, 0.05) is 15.6 Å². The number of hydrogen-bond donors (Lipinski definition) is 2. The van der Waals surface area contributed by atoms with Crippen LogP contribution in [0.15, 0.2) is 70.2 Å². The zero-order valence-electron chi connectivity index (χ0n) is 13.4. The third-order valence-electron chi connectivity index (χ3n) is 4.02. The van der Waals surface area contributed by atoms with Gasteiger partial charge in [0.15, 0.2) is 5.82 Å². The molecule has 0 atom stereocenters. The molecule has 0 aliphatic rings. The van der Waals surface area contributed by atoms with Gasteiger partial charge in [-0.3, -0.25) is 0 Å². The largest absolute Gasteiger partial charge is 0.507 e. The molecule has 7 heteroatoms. The minimum Gasteiger partial charge on any atom is -0.507 e. The van der Waals surface area contributed by atoms with Gasteiger partial charge >= 0.3 is 0 Å². The highest BCUT2D eigenvalue weighted by atomic mass is 79.9. The minimum absolute atomic E-state index is 0.157. The Morgan fingerprint density at radius 1 is 1.08 bits per heavy atom. The number of benzene rings is 3. The molecule has 0 spiro atoms. The molecule has 0 saturated heterocycles. The molecule has 26 heavy (non-hydrogen) atoms. The lowest BCUT2D eigenvalue weighted by Gasteiger charge is -2.06. The molecule has 0 radical (unpaired) electrons. The highest BCUT2D eigenvalue weighted by Gasteiger charge is 2.11. The molecule has 5 nitrogen and oxygen atoms in total. The average molecular weight is 425 g/mol. The Bertz CT molecular complexity index is 1200. The van der Waals surface area contributed by atoms with E-state index in [2.05, 4.69) is 31.2 Å². The molecule has 0 aliphatic heterocycles. The van der Waals surface area contributed by atoms with Crippen molar-refractivity contribution in [1.29, 1.82) is 0 Å². The number of fused-ring (bicyclic) bond motifs is 1. The van der Waals surface area contributed by atoms with E-state index >= 15 is 0 Å². The summed E-state index contributed by atoms with van der Waals surface area (Å²) in [6.45, 7) is 0. The summed E-state index contributed by atoms with van der Waals surface area (Å²) in [5.74, 6) is 0.739. The molecule has 1 heterocycles. The fourth-order valence-electron chi connectivity index (χ4n) is 2.75. The van der Waals surface area contributed by atoms with Gasteiger partial charge < -0.3 is 5.11 Å². The van der Waals surface area contributed by atoms with Crippen LogP contribution < -0.4 is 0 Å². The molecule has 0 amide bonds. The maximum Gasteiger partial charge on any atom is 0.216 e. The van der Waals surface area contributed by atoms with Crippen LogP contribution in [0.25, 0.3) is 22.2 Å². The zero-order valence-corrected chi connectivity index (χ0v) is 15.8. The van der Waals surface area contributed by atoms with Gasteiger partial charge in [-0.1, -0.05) is 58.4 Å². The van der Waals surface area contributed by atoms with Crippen LogP contribution >= 0.6 is 28.1 Å². The molecule has 128 valence electrons. The van der Waals surface area contributed by atoms with Crippen LogP contribution in [-0.2, 0) is 0 Å². The number of halogens is 1. The number of H-pyrrole nitrogens is 1. The second kappa shape index (κ2) is 6.86. The Balaban J connectivity index is 1.85.